The van der Waals surface area contributed by atoms with Crippen LogP contribution in [0.1, 0.15) is 23.6 Å². The van der Waals surface area contributed by atoms with Crippen LogP contribution in [0.3, 0.4) is 0 Å². The van der Waals surface area contributed by atoms with E-state index in [1.54, 1.807) is 19.1 Å². The Hall–Kier alpha value is -3.15. The van der Waals surface area contributed by atoms with E-state index in [9.17, 15) is 27.6 Å². The highest BCUT2D eigenvalue weighted by atomic mass is 35.5. The Balaban J connectivity index is 1.71. The summed E-state index contributed by atoms with van der Waals surface area (Å²) < 4.78 is 42.2. The van der Waals surface area contributed by atoms with E-state index >= 15 is 0 Å². The van der Waals surface area contributed by atoms with E-state index in [1.165, 1.54) is 23.3 Å². The molecule has 2 saturated heterocycles. The van der Waals surface area contributed by atoms with Gasteiger partial charge in [-0.3, -0.25) is 19.2 Å². The van der Waals surface area contributed by atoms with Gasteiger partial charge in [0.05, 0.1) is 17.6 Å². The first kappa shape index (κ1) is 24.0. The first-order valence-electron chi connectivity index (χ1n) is 10.2. The molecule has 12 heteroatoms. The number of nitrogens with zero attached hydrogens (tertiary/aromatic N) is 2. The van der Waals surface area contributed by atoms with Gasteiger partial charge in [0.2, 0.25) is 11.8 Å². The fourth-order valence-electron chi connectivity index (χ4n) is 4.13. The van der Waals surface area contributed by atoms with Crippen LogP contribution in [0.5, 0.6) is 5.75 Å². The third-order valence-corrected chi connectivity index (χ3v) is 6.03. The quantitative estimate of drug-likeness (QED) is 0.615. The number of carbonyl (C=O) groups is 3. The maximum Gasteiger partial charge on any atom is 0.573 e. The van der Waals surface area contributed by atoms with Gasteiger partial charge in [0.1, 0.15) is 5.75 Å². The Morgan fingerprint density at radius 2 is 1.91 bits per heavy atom. The highest BCUT2D eigenvalue weighted by Crippen LogP contribution is 2.46. The maximum absolute atomic E-state index is 13.4. The fraction of sp³-hybridized carbons (Fsp3) is 0.318. The van der Waals surface area contributed by atoms with E-state index in [4.69, 9.17) is 22.2 Å². The van der Waals surface area contributed by atoms with Crippen LogP contribution in [0.25, 0.3) is 0 Å². The number of hydroxylamine groups is 2. The predicted octanol–water partition coefficient (Wildman–Crippen LogP) is 3.27. The zero-order chi connectivity index (χ0) is 24.8. The number of ether oxygens (including phenoxy) is 1. The summed E-state index contributed by atoms with van der Waals surface area (Å²) in [6.07, 6.45) is -6.31. The van der Waals surface area contributed by atoms with Crippen molar-refractivity contribution in [2.24, 2.45) is 11.7 Å². The molecule has 34 heavy (non-hydrogen) atoms. The second-order valence-electron chi connectivity index (χ2n) is 7.92. The van der Waals surface area contributed by atoms with Crippen molar-refractivity contribution in [3.63, 3.8) is 0 Å². The lowest BCUT2D eigenvalue weighted by molar-refractivity contribution is -0.274. The summed E-state index contributed by atoms with van der Waals surface area (Å²) in [5.41, 5.74) is 6.46. The number of anilines is 1. The summed E-state index contributed by atoms with van der Waals surface area (Å²) >= 11 is 6.16. The number of halogens is 4. The fourth-order valence-corrected chi connectivity index (χ4v) is 4.30. The molecule has 8 nitrogen and oxygen atoms in total. The highest BCUT2D eigenvalue weighted by Gasteiger charge is 2.60. The Kier molecular flexibility index (Phi) is 6.28. The van der Waals surface area contributed by atoms with Gasteiger partial charge in [-0.2, -0.15) is 5.06 Å². The molecule has 0 saturated carbocycles. The number of hydrogen-bond donors (Lipinski definition) is 1. The maximum atomic E-state index is 13.4. The Labute approximate surface area is 196 Å². The van der Waals surface area contributed by atoms with E-state index in [1.807, 2.05) is 0 Å². The van der Waals surface area contributed by atoms with Gasteiger partial charge in [0, 0.05) is 18.0 Å². The monoisotopic (exact) mass is 497 g/mol. The van der Waals surface area contributed by atoms with Gasteiger partial charge >= 0.3 is 6.36 Å². The van der Waals surface area contributed by atoms with Crippen molar-refractivity contribution in [3.05, 3.63) is 58.6 Å². The summed E-state index contributed by atoms with van der Waals surface area (Å²) in [6.45, 7) is 1.69. The topological polar surface area (TPSA) is 102 Å². The molecule has 3 amide bonds. The summed E-state index contributed by atoms with van der Waals surface area (Å²) in [4.78, 5) is 44.6. The van der Waals surface area contributed by atoms with Crippen LogP contribution in [-0.4, -0.2) is 41.8 Å². The van der Waals surface area contributed by atoms with Crippen LogP contribution in [0, 0.1) is 12.8 Å². The first-order valence-corrected chi connectivity index (χ1v) is 10.6. The third-order valence-electron chi connectivity index (χ3n) is 5.62. The van der Waals surface area contributed by atoms with E-state index in [2.05, 4.69) is 4.74 Å². The lowest BCUT2D eigenvalue weighted by atomic mass is 9.90. The number of aryl methyl sites for hydroxylation is 1. The van der Waals surface area contributed by atoms with Gasteiger partial charge in [0.25, 0.3) is 5.91 Å². The van der Waals surface area contributed by atoms with E-state index in [-0.39, 0.29) is 24.2 Å². The van der Waals surface area contributed by atoms with Crippen molar-refractivity contribution < 1.29 is 37.1 Å². The lowest BCUT2D eigenvalue weighted by Gasteiger charge is -2.27. The molecule has 3 atom stereocenters. The standard InChI is InChI=1S/C22H19ClF3N3O5/c1-11-5-6-13(10-15(11)23)29-20(31)17-18(12-3-2-4-14(9-12)33-22(24,25)26)28(8-7-16(27)30)34-19(17)21(29)32/h2-6,9-10,17-19H,7-8H2,1H3,(H2,27,30). The molecule has 0 radical (unpaired) electrons. The summed E-state index contributed by atoms with van der Waals surface area (Å²) in [5, 5.41) is 1.59. The molecule has 0 bridgehead atoms. The number of carbonyl (C=O) groups excluding carboxylic acids is 3. The van der Waals surface area contributed by atoms with Crippen molar-refractivity contribution in [3.8, 4) is 5.75 Å². The molecule has 0 aliphatic carbocycles. The normalized spacial score (nSPS) is 22.9. The van der Waals surface area contributed by atoms with Crippen LogP contribution in [0.4, 0.5) is 18.9 Å². The van der Waals surface area contributed by atoms with Gasteiger partial charge in [-0.25, -0.2) is 4.90 Å². The molecular weight excluding hydrogens is 479 g/mol. The average Bonchev–Trinajstić information content (AvgIpc) is 3.23. The van der Waals surface area contributed by atoms with Gasteiger partial charge in [-0.1, -0.05) is 29.8 Å². The van der Waals surface area contributed by atoms with Crippen molar-refractivity contribution >= 4 is 35.0 Å². The minimum atomic E-state index is -4.92. The Morgan fingerprint density at radius 3 is 2.56 bits per heavy atom. The first-order chi connectivity index (χ1) is 16.0. The number of amides is 3. The molecule has 180 valence electrons. The predicted molar refractivity (Wildman–Crippen MR) is 113 cm³/mol. The Morgan fingerprint density at radius 1 is 1.18 bits per heavy atom. The van der Waals surface area contributed by atoms with Crippen molar-refractivity contribution in [1.82, 2.24) is 5.06 Å². The average molecular weight is 498 g/mol. The molecule has 2 N–H and O–H groups in total. The van der Waals surface area contributed by atoms with E-state index in [0.29, 0.717) is 5.02 Å². The molecule has 3 unspecified atom stereocenters. The number of nitrogens with two attached hydrogens (primary N) is 1. The molecule has 2 aromatic rings. The molecular formula is C22H19ClF3N3O5. The van der Waals surface area contributed by atoms with Gasteiger partial charge in [0.15, 0.2) is 6.10 Å². The molecule has 2 aliphatic heterocycles. The summed E-state index contributed by atoms with van der Waals surface area (Å²) in [6, 6.07) is 8.77. The highest BCUT2D eigenvalue weighted by molar-refractivity contribution is 6.32. The number of primary amides is 1. The lowest BCUT2D eigenvalue weighted by Crippen LogP contribution is -2.38. The van der Waals surface area contributed by atoms with Gasteiger partial charge in [-0.05, 0) is 42.3 Å². The third kappa shape index (κ3) is 4.59. The SMILES string of the molecule is Cc1ccc(N2C(=O)C3ON(CCC(N)=O)C(c4cccc(OC(F)(F)F)c4)C3C2=O)cc1Cl. The second kappa shape index (κ2) is 8.90. The van der Waals surface area contributed by atoms with Crippen molar-refractivity contribution in [1.29, 1.82) is 0 Å². The molecule has 2 aromatic carbocycles. The molecule has 2 aliphatic rings. The summed E-state index contributed by atoms with van der Waals surface area (Å²) in [7, 11) is 0. The van der Waals surface area contributed by atoms with Crippen molar-refractivity contribution in [2.75, 3.05) is 11.4 Å². The second-order valence-corrected chi connectivity index (χ2v) is 8.33. The van der Waals surface area contributed by atoms with Crippen LogP contribution in [0.2, 0.25) is 5.02 Å². The number of imide groups is 1. The number of hydrogen-bond acceptors (Lipinski definition) is 6. The van der Waals surface area contributed by atoms with Gasteiger partial charge in [-0.15, -0.1) is 13.2 Å². The molecule has 4 rings (SSSR count). The number of benzene rings is 2. The van der Waals surface area contributed by atoms with Crippen LogP contribution in [-0.2, 0) is 19.2 Å². The molecule has 2 heterocycles. The minimum absolute atomic E-state index is 0.0751. The van der Waals surface area contributed by atoms with Gasteiger partial charge < -0.3 is 10.5 Å². The summed E-state index contributed by atoms with van der Waals surface area (Å²) in [5.74, 6) is -3.49. The van der Waals surface area contributed by atoms with E-state index < -0.39 is 47.9 Å². The largest absolute Gasteiger partial charge is 0.573 e. The smallest absolute Gasteiger partial charge is 0.406 e. The van der Waals surface area contributed by atoms with Crippen LogP contribution < -0.4 is 15.4 Å². The van der Waals surface area contributed by atoms with Crippen LogP contribution >= 0.6 is 11.6 Å². The van der Waals surface area contributed by atoms with Crippen molar-refractivity contribution in [2.45, 2.75) is 31.9 Å². The molecule has 0 spiro atoms. The minimum Gasteiger partial charge on any atom is -0.406 e. The number of rotatable bonds is 6. The molecule has 0 aromatic heterocycles. The number of fused-ring (bicyclic) bond motifs is 1. The van der Waals surface area contributed by atoms with Crippen LogP contribution in [0.15, 0.2) is 42.5 Å². The number of alkyl halides is 3. The molecule has 2 fully saturated rings. The Bertz CT molecular complexity index is 1160. The zero-order valence-corrected chi connectivity index (χ0v) is 18.5. The zero-order valence-electron chi connectivity index (χ0n) is 17.7. The van der Waals surface area contributed by atoms with E-state index in [0.717, 1.165) is 22.6 Å².